The zero-order valence-electron chi connectivity index (χ0n) is 14.7. The van der Waals surface area contributed by atoms with E-state index in [-0.39, 0.29) is 11.7 Å². The Morgan fingerprint density at radius 2 is 2.08 bits per heavy atom. The lowest BCUT2D eigenvalue weighted by molar-refractivity contribution is -0.120. The van der Waals surface area contributed by atoms with Gasteiger partial charge in [-0.2, -0.15) is 4.31 Å². The van der Waals surface area contributed by atoms with Gasteiger partial charge in [-0.3, -0.25) is 4.79 Å². The number of amides is 1. The van der Waals surface area contributed by atoms with E-state index in [1.54, 1.807) is 17.5 Å². The third kappa shape index (κ3) is 4.31. The summed E-state index contributed by atoms with van der Waals surface area (Å²) in [6, 6.07) is 6.82. The summed E-state index contributed by atoms with van der Waals surface area (Å²) >= 11 is 1.55. The van der Waals surface area contributed by atoms with E-state index in [1.165, 1.54) is 4.31 Å². The van der Waals surface area contributed by atoms with E-state index >= 15 is 0 Å². The molecule has 1 atom stereocenters. The maximum absolute atomic E-state index is 12.7. The van der Waals surface area contributed by atoms with Crippen molar-refractivity contribution in [2.75, 3.05) is 17.6 Å². The van der Waals surface area contributed by atoms with Crippen molar-refractivity contribution in [3.05, 3.63) is 35.8 Å². The minimum absolute atomic E-state index is 0.0826. The fraction of sp³-hybridized carbons (Fsp3) is 0.444. The second-order valence-electron chi connectivity index (χ2n) is 6.34. The number of hydrogen-bond acceptors (Lipinski definition) is 5. The Balaban J connectivity index is 1.71. The number of nitrogens with one attached hydrogen (secondary N) is 1. The summed E-state index contributed by atoms with van der Waals surface area (Å²) in [5.74, 6) is -0.175. The van der Waals surface area contributed by atoms with Gasteiger partial charge >= 0.3 is 0 Å². The normalized spacial score (nSPS) is 18.6. The molecule has 2 heterocycles. The summed E-state index contributed by atoms with van der Waals surface area (Å²) < 4.78 is 26.3. The topological polar surface area (TPSA) is 79.4 Å². The average Bonchev–Trinajstić information content (AvgIpc) is 3.17. The highest BCUT2D eigenvalue weighted by atomic mass is 32.2. The first-order valence-corrected chi connectivity index (χ1v) is 11.3. The number of hydrogen-bond donors (Lipinski definition) is 1. The molecule has 26 heavy (non-hydrogen) atoms. The van der Waals surface area contributed by atoms with Crippen LogP contribution in [0.15, 0.2) is 35.8 Å². The van der Waals surface area contributed by atoms with Crippen molar-refractivity contribution in [3.8, 4) is 10.6 Å². The van der Waals surface area contributed by atoms with E-state index in [9.17, 15) is 13.2 Å². The Morgan fingerprint density at radius 3 is 2.73 bits per heavy atom. The molecule has 1 fully saturated rings. The van der Waals surface area contributed by atoms with Crippen LogP contribution in [0.25, 0.3) is 10.6 Å². The van der Waals surface area contributed by atoms with Crippen LogP contribution in [0.5, 0.6) is 0 Å². The molecule has 1 aromatic carbocycles. The molecule has 0 aliphatic carbocycles. The van der Waals surface area contributed by atoms with Crippen LogP contribution >= 0.6 is 11.3 Å². The van der Waals surface area contributed by atoms with Gasteiger partial charge in [0.05, 0.1) is 5.75 Å². The molecular weight excluding hydrogens is 370 g/mol. The van der Waals surface area contributed by atoms with Crippen LogP contribution in [0, 0.1) is 0 Å². The van der Waals surface area contributed by atoms with Crippen molar-refractivity contribution in [2.24, 2.45) is 0 Å². The molecule has 1 aliphatic rings. The number of carbonyl (C=O) groups excluding carboxylic acids is 1. The van der Waals surface area contributed by atoms with E-state index in [4.69, 9.17) is 0 Å². The van der Waals surface area contributed by atoms with Crippen LogP contribution in [0.4, 0.5) is 5.69 Å². The highest BCUT2D eigenvalue weighted by molar-refractivity contribution is 7.89. The predicted molar refractivity (Wildman–Crippen MR) is 105 cm³/mol. The molecular formula is C18H23N3O3S2. The van der Waals surface area contributed by atoms with E-state index in [0.717, 1.165) is 23.4 Å². The second kappa shape index (κ2) is 8.28. The summed E-state index contributed by atoms with van der Waals surface area (Å²) in [4.78, 5) is 17.0. The van der Waals surface area contributed by atoms with Crippen molar-refractivity contribution in [3.63, 3.8) is 0 Å². The van der Waals surface area contributed by atoms with Gasteiger partial charge in [0.15, 0.2) is 0 Å². The third-order valence-corrected chi connectivity index (χ3v) is 7.31. The molecule has 1 unspecified atom stereocenters. The minimum Gasteiger partial charge on any atom is -0.325 e. The molecule has 0 bridgehead atoms. The Morgan fingerprint density at radius 1 is 1.31 bits per heavy atom. The van der Waals surface area contributed by atoms with E-state index in [1.807, 2.05) is 36.6 Å². The molecule has 140 valence electrons. The van der Waals surface area contributed by atoms with Crippen molar-refractivity contribution in [1.82, 2.24) is 9.29 Å². The molecule has 0 saturated carbocycles. The van der Waals surface area contributed by atoms with Crippen molar-refractivity contribution >= 4 is 33.0 Å². The Labute approximate surface area is 158 Å². The summed E-state index contributed by atoms with van der Waals surface area (Å²) in [7, 11) is -3.39. The molecule has 1 amide bonds. The van der Waals surface area contributed by atoms with E-state index in [0.29, 0.717) is 25.1 Å². The fourth-order valence-corrected chi connectivity index (χ4v) is 5.55. The SMILES string of the molecule is CCCS(=O)(=O)N1CCCCC1C(=O)Nc1ccc(-c2nccs2)cc1. The maximum Gasteiger partial charge on any atom is 0.242 e. The average molecular weight is 394 g/mol. The smallest absolute Gasteiger partial charge is 0.242 e. The highest BCUT2D eigenvalue weighted by Gasteiger charge is 2.36. The van der Waals surface area contributed by atoms with Gasteiger partial charge in [-0.05, 0) is 43.5 Å². The molecule has 8 heteroatoms. The number of rotatable bonds is 6. The van der Waals surface area contributed by atoms with Gasteiger partial charge in [0.1, 0.15) is 11.0 Å². The van der Waals surface area contributed by atoms with Crippen LogP contribution < -0.4 is 5.32 Å². The maximum atomic E-state index is 12.7. The van der Waals surface area contributed by atoms with Crippen molar-refractivity contribution in [2.45, 2.75) is 38.6 Å². The van der Waals surface area contributed by atoms with Crippen LogP contribution in [0.2, 0.25) is 0 Å². The zero-order valence-corrected chi connectivity index (χ0v) is 16.4. The van der Waals surface area contributed by atoms with Crippen molar-refractivity contribution < 1.29 is 13.2 Å². The first-order valence-electron chi connectivity index (χ1n) is 8.81. The second-order valence-corrected chi connectivity index (χ2v) is 9.28. The summed E-state index contributed by atoms with van der Waals surface area (Å²) in [6.07, 6.45) is 4.52. The Bertz CT molecular complexity index is 833. The van der Waals surface area contributed by atoms with Crippen LogP contribution in [-0.2, 0) is 14.8 Å². The van der Waals surface area contributed by atoms with E-state index in [2.05, 4.69) is 10.3 Å². The molecule has 1 aliphatic heterocycles. The molecule has 1 saturated heterocycles. The predicted octanol–water partition coefficient (Wildman–Crippen LogP) is 3.34. The largest absolute Gasteiger partial charge is 0.325 e. The summed E-state index contributed by atoms with van der Waals surface area (Å²) in [5, 5.41) is 5.71. The molecule has 0 spiro atoms. The number of sulfonamides is 1. The number of anilines is 1. The monoisotopic (exact) mass is 393 g/mol. The number of piperidine rings is 1. The first-order chi connectivity index (χ1) is 12.5. The van der Waals surface area contributed by atoms with Crippen molar-refractivity contribution in [1.29, 1.82) is 0 Å². The lowest BCUT2D eigenvalue weighted by atomic mass is 10.0. The molecule has 6 nitrogen and oxygen atoms in total. The molecule has 2 aromatic rings. The fourth-order valence-electron chi connectivity index (χ4n) is 3.16. The number of thiazole rings is 1. The number of nitrogens with zero attached hydrogens (tertiary/aromatic N) is 2. The Hall–Kier alpha value is -1.77. The van der Waals surface area contributed by atoms with E-state index < -0.39 is 16.1 Å². The standard InChI is InChI=1S/C18H23N3O3S2/c1-2-13-26(23,24)21-11-4-3-5-16(21)17(22)20-15-8-6-14(7-9-15)18-19-10-12-25-18/h6-10,12,16H,2-5,11,13H2,1H3,(H,20,22). The molecule has 1 N–H and O–H groups in total. The quantitative estimate of drug-likeness (QED) is 0.816. The number of aromatic nitrogens is 1. The Kier molecular flexibility index (Phi) is 6.05. The van der Waals surface area contributed by atoms with Gasteiger partial charge in [0.2, 0.25) is 15.9 Å². The molecule has 1 aromatic heterocycles. The van der Waals surface area contributed by atoms with Crippen LogP contribution in [0.1, 0.15) is 32.6 Å². The van der Waals surface area contributed by atoms with Gasteiger partial charge in [0.25, 0.3) is 0 Å². The highest BCUT2D eigenvalue weighted by Crippen LogP contribution is 2.25. The summed E-state index contributed by atoms with van der Waals surface area (Å²) in [5.41, 5.74) is 1.65. The first kappa shape index (κ1) is 19.0. The third-order valence-electron chi connectivity index (χ3n) is 4.41. The van der Waals surface area contributed by atoms with Gasteiger partial charge in [-0.15, -0.1) is 11.3 Å². The van der Waals surface area contributed by atoms with Gasteiger partial charge in [-0.25, -0.2) is 13.4 Å². The minimum atomic E-state index is -3.39. The van der Waals surface area contributed by atoms with Gasteiger partial charge in [0, 0.05) is 29.4 Å². The number of carbonyl (C=O) groups is 1. The van der Waals surface area contributed by atoms with Crippen LogP contribution in [-0.4, -0.2) is 42.0 Å². The van der Waals surface area contributed by atoms with Gasteiger partial charge in [-0.1, -0.05) is 13.3 Å². The molecule has 3 rings (SSSR count). The molecule has 0 radical (unpaired) electrons. The lowest BCUT2D eigenvalue weighted by Crippen LogP contribution is -2.50. The zero-order chi connectivity index (χ0) is 18.6. The lowest BCUT2D eigenvalue weighted by Gasteiger charge is -2.33. The summed E-state index contributed by atoms with van der Waals surface area (Å²) in [6.45, 7) is 2.25. The van der Waals surface area contributed by atoms with Gasteiger partial charge < -0.3 is 5.32 Å². The number of benzene rings is 1. The van der Waals surface area contributed by atoms with Crippen LogP contribution in [0.3, 0.4) is 0 Å².